The van der Waals surface area contributed by atoms with Crippen LogP contribution in [-0.4, -0.2) is 59.7 Å². The SMILES string of the molecule is COc1ccc(CN2CCN(C(=O)CCCC(=O)c3ccc([N+](=O)[O-])cc3)CC2)cc1. The number of carbonyl (C=O) groups is 2. The van der Waals surface area contributed by atoms with E-state index in [1.165, 1.54) is 29.8 Å². The zero-order valence-electron chi connectivity index (χ0n) is 17.7. The first-order valence-electron chi connectivity index (χ1n) is 10.4. The summed E-state index contributed by atoms with van der Waals surface area (Å²) in [5.74, 6) is 0.804. The number of nitro groups is 1. The van der Waals surface area contributed by atoms with E-state index >= 15 is 0 Å². The van der Waals surface area contributed by atoms with Crippen LogP contribution in [0.2, 0.25) is 0 Å². The van der Waals surface area contributed by atoms with Crippen molar-refractivity contribution in [1.29, 1.82) is 0 Å². The molecule has 0 atom stereocenters. The lowest BCUT2D eigenvalue weighted by Crippen LogP contribution is -2.48. The van der Waals surface area contributed by atoms with Crippen LogP contribution in [0.4, 0.5) is 5.69 Å². The average molecular weight is 425 g/mol. The second-order valence-electron chi connectivity index (χ2n) is 7.59. The van der Waals surface area contributed by atoms with Gasteiger partial charge in [-0.1, -0.05) is 12.1 Å². The number of Topliss-reactive ketones (excluding diaryl/α,β-unsaturated/α-hetero) is 1. The van der Waals surface area contributed by atoms with E-state index in [1.807, 2.05) is 17.0 Å². The molecular weight excluding hydrogens is 398 g/mol. The first-order valence-corrected chi connectivity index (χ1v) is 10.4. The summed E-state index contributed by atoms with van der Waals surface area (Å²) < 4.78 is 5.18. The van der Waals surface area contributed by atoms with E-state index < -0.39 is 4.92 Å². The van der Waals surface area contributed by atoms with Crippen molar-refractivity contribution in [3.05, 3.63) is 69.8 Å². The molecule has 0 N–H and O–H groups in total. The third-order valence-corrected chi connectivity index (χ3v) is 5.48. The number of ketones is 1. The summed E-state index contributed by atoms with van der Waals surface area (Å²) in [6.45, 7) is 3.85. The Morgan fingerprint density at radius 2 is 1.61 bits per heavy atom. The number of carbonyl (C=O) groups excluding carboxylic acids is 2. The van der Waals surface area contributed by atoms with Gasteiger partial charge in [0.1, 0.15) is 5.75 Å². The van der Waals surface area contributed by atoms with Gasteiger partial charge >= 0.3 is 0 Å². The second-order valence-corrected chi connectivity index (χ2v) is 7.59. The number of hydrogen-bond acceptors (Lipinski definition) is 6. The third-order valence-electron chi connectivity index (χ3n) is 5.48. The van der Waals surface area contributed by atoms with Crippen LogP contribution >= 0.6 is 0 Å². The minimum absolute atomic E-state index is 0.0436. The Labute approximate surface area is 181 Å². The Morgan fingerprint density at radius 3 is 2.19 bits per heavy atom. The van der Waals surface area contributed by atoms with Gasteiger partial charge in [-0.2, -0.15) is 0 Å². The summed E-state index contributed by atoms with van der Waals surface area (Å²) in [6, 6.07) is 13.6. The minimum Gasteiger partial charge on any atom is -0.497 e. The largest absolute Gasteiger partial charge is 0.497 e. The fraction of sp³-hybridized carbons (Fsp3) is 0.391. The van der Waals surface area contributed by atoms with E-state index in [2.05, 4.69) is 17.0 Å². The molecule has 0 radical (unpaired) electrons. The molecule has 1 saturated heterocycles. The molecule has 1 aliphatic heterocycles. The highest BCUT2D eigenvalue weighted by atomic mass is 16.6. The number of methoxy groups -OCH3 is 1. The monoisotopic (exact) mass is 425 g/mol. The molecule has 3 rings (SSSR count). The number of non-ortho nitro benzene ring substituents is 1. The topological polar surface area (TPSA) is 93.0 Å². The van der Waals surface area contributed by atoms with Crippen molar-refractivity contribution in [2.75, 3.05) is 33.3 Å². The number of piperazine rings is 1. The first kappa shape index (κ1) is 22.4. The Kier molecular flexibility index (Phi) is 7.72. The molecule has 1 amide bonds. The maximum Gasteiger partial charge on any atom is 0.269 e. The highest BCUT2D eigenvalue weighted by Gasteiger charge is 2.21. The van der Waals surface area contributed by atoms with Crippen LogP contribution in [0.5, 0.6) is 5.75 Å². The first-order chi connectivity index (χ1) is 15.0. The fourth-order valence-corrected chi connectivity index (χ4v) is 3.62. The van der Waals surface area contributed by atoms with Crippen LogP contribution in [-0.2, 0) is 11.3 Å². The number of ether oxygens (including phenoxy) is 1. The van der Waals surface area contributed by atoms with Gasteiger partial charge in [0.15, 0.2) is 5.78 Å². The third kappa shape index (κ3) is 6.36. The highest BCUT2D eigenvalue weighted by Crippen LogP contribution is 2.16. The summed E-state index contributed by atoms with van der Waals surface area (Å²) in [4.78, 5) is 39.1. The van der Waals surface area contributed by atoms with Crippen LogP contribution in [0.1, 0.15) is 35.2 Å². The molecule has 8 heteroatoms. The van der Waals surface area contributed by atoms with E-state index in [1.54, 1.807) is 7.11 Å². The van der Waals surface area contributed by atoms with Crippen LogP contribution in [0, 0.1) is 10.1 Å². The lowest BCUT2D eigenvalue weighted by Gasteiger charge is -2.34. The standard InChI is InChI=1S/C23H27N3O5/c1-31-21-11-5-18(6-12-21)17-24-13-15-25(16-14-24)23(28)4-2-3-22(27)19-7-9-20(10-8-19)26(29)30/h5-12H,2-4,13-17H2,1H3. The molecule has 164 valence electrons. The van der Waals surface area contributed by atoms with Crippen molar-refractivity contribution in [1.82, 2.24) is 9.80 Å². The quantitative estimate of drug-likeness (QED) is 0.348. The molecular formula is C23H27N3O5. The van der Waals surface area contributed by atoms with Crippen molar-refractivity contribution in [3.8, 4) is 5.75 Å². The van der Waals surface area contributed by atoms with Gasteiger partial charge in [0.25, 0.3) is 5.69 Å². The zero-order chi connectivity index (χ0) is 22.2. The molecule has 0 aliphatic carbocycles. The Balaban J connectivity index is 1.37. The predicted molar refractivity (Wildman–Crippen MR) is 116 cm³/mol. The molecule has 0 saturated carbocycles. The Hall–Kier alpha value is -3.26. The lowest BCUT2D eigenvalue weighted by molar-refractivity contribution is -0.384. The molecule has 0 aromatic heterocycles. The molecule has 1 aliphatic rings. The number of rotatable bonds is 9. The molecule has 2 aromatic carbocycles. The van der Waals surface area contributed by atoms with Gasteiger partial charge in [-0.05, 0) is 36.2 Å². The summed E-state index contributed by atoms with van der Waals surface area (Å²) >= 11 is 0. The van der Waals surface area contributed by atoms with Crippen LogP contribution in [0.3, 0.4) is 0 Å². The normalized spacial score (nSPS) is 14.3. The number of benzene rings is 2. The van der Waals surface area contributed by atoms with Gasteiger partial charge in [-0.25, -0.2) is 0 Å². The van der Waals surface area contributed by atoms with E-state index in [0.29, 0.717) is 31.5 Å². The van der Waals surface area contributed by atoms with E-state index in [0.717, 1.165) is 25.4 Å². The summed E-state index contributed by atoms with van der Waals surface area (Å²) in [7, 11) is 1.65. The number of nitrogens with zero attached hydrogens (tertiary/aromatic N) is 3. The highest BCUT2D eigenvalue weighted by molar-refractivity contribution is 5.96. The number of hydrogen-bond donors (Lipinski definition) is 0. The van der Waals surface area contributed by atoms with Crippen molar-refractivity contribution < 1.29 is 19.2 Å². The van der Waals surface area contributed by atoms with Gasteiger partial charge in [-0.3, -0.25) is 24.6 Å². The van der Waals surface area contributed by atoms with E-state index in [-0.39, 0.29) is 23.8 Å². The van der Waals surface area contributed by atoms with Gasteiger partial charge < -0.3 is 9.64 Å². The molecule has 0 spiro atoms. The summed E-state index contributed by atoms with van der Waals surface area (Å²) in [5.41, 5.74) is 1.60. The van der Waals surface area contributed by atoms with Crippen molar-refractivity contribution >= 4 is 17.4 Å². The average Bonchev–Trinajstić information content (AvgIpc) is 2.80. The lowest BCUT2D eigenvalue weighted by atomic mass is 10.0. The second kappa shape index (κ2) is 10.7. The van der Waals surface area contributed by atoms with Gasteiger partial charge in [-0.15, -0.1) is 0 Å². The van der Waals surface area contributed by atoms with Gasteiger partial charge in [0.2, 0.25) is 5.91 Å². The summed E-state index contributed by atoms with van der Waals surface area (Å²) in [6.07, 6.45) is 1.05. The fourth-order valence-electron chi connectivity index (χ4n) is 3.62. The van der Waals surface area contributed by atoms with E-state index in [9.17, 15) is 19.7 Å². The van der Waals surface area contributed by atoms with Crippen LogP contribution in [0.25, 0.3) is 0 Å². The maximum absolute atomic E-state index is 12.5. The smallest absolute Gasteiger partial charge is 0.269 e. The zero-order valence-corrected chi connectivity index (χ0v) is 17.7. The molecule has 8 nitrogen and oxygen atoms in total. The molecule has 1 fully saturated rings. The predicted octanol–water partition coefficient (Wildman–Crippen LogP) is 3.30. The molecule has 2 aromatic rings. The minimum atomic E-state index is -0.496. The number of nitro benzene ring substituents is 1. The molecule has 0 bridgehead atoms. The van der Waals surface area contributed by atoms with Gasteiger partial charge in [0, 0.05) is 63.3 Å². The van der Waals surface area contributed by atoms with Crippen molar-refractivity contribution in [2.24, 2.45) is 0 Å². The van der Waals surface area contributed by atoms with Crippen molar-refractivity contribution in [3.63, 3.8) is 0 Å². The number of amides is 1. The van der Waals surface area contributed by atoms with Crippen molar-refractivity contribution in [2.45, 2.75) is 25.8 Å². The maximum atomic E-state index is 12.5. The molecule has 31 heavy (non-hydrogen) atoms. The Bertz CT molecular complexity index is 904. The van der Waals surface area contributed by atoms with Crippen LogP contribution < -0.4 is 4.74 Å². The van der Waals surface area contributed by atoms with Crippen LogP contribution in [0.15, 0.2) is 48.5 Å². The van der Waals surface area contributed by atoms with E-state index in [4.69, 9.17) is 4.74 Å². The molecule has 1 heterocycles. The molecule has 0 unspecified atom stereocenters. The van der Waals surface area contributed by atoms with Gasteiger partial charge in [0.05, 0.1) is 12.0 Å². The summed E-state index contributed by atoms with van der Waals surface area (Å²) in [5, 5.41) is 10.7. The Morgan fingerprint density at radius 1 is 0.968 bits per heavy atom.